The Morgan fingerprint density at radius 2 is 2.08 bits per heavy atom. The topological polar surface area (TPSA) is 107 Å². The van der Waals surface area contributed by atoms with E-state index < -0.39 is 6.03 Å². The molecular formula is C18H16N4O4. The third-order valence-corrected chi connectivity index (χ3v) is 5.05. The molecule has 0 unspecified atom stereocenters. The monoisotopic (exact) mass is 352 g/mol. The maximum absolute atomic E-state index is 11.8. The zero-order valence-corrected chi connectivity index (χ0v) is 13.8. The average molecular weight is 352 g/mol. The Kier molecular flexibility index (Phi) is 2.95. The van der Waals surface area contributed by atoms with E-state index in [0.717, 1.165) is 29.1 Å². The van der Waals surface area contributed by atoms with Gasteiger partial charge in [-0.25, -0.2) is 9.69 Å². The van der Waals surface area contributed by atoms with Crippen molar-refractivity contribution in [3.63, 3.8) is 0 Å². The molecule has 3 aliphatic rings. The summed E-state index contributed by atoms with van der Waals surface area (Å²) < 4.78 is 11.7. The lowest BCUT2D eigenvalue weighted by Gasteiger charge is -2.16. The highest BCUT2D eigenvalue weighted by molar-refractivity contribution is 6.20. The number of nitrogens with zero attached hydrogens (tertiary/aromatic N) is 2. The van der Waals surface area contributed by atoms with E-state index in [-0.39, 0.29) is 29.4 Å². The Morgan fingerprint density at radius 1 is 1.23 bits per heavy atom. The molecule has 8 heteroatoms. The van der Waals surface area contributed by atoms with E-state index in [4.69, 9.17) is 15.2 Å². The van der Waals surface area contributed by atoms with Gasteiger partial charge in [-0.1, -0.05) is 6.07 Å². The van der Waals surface area contributed by atoms with Crippen LogP contribution in [0.3, 0.4) is 0 Å². The smallest absolute Gasteiger partial charge is 0.329 e. The summed E-state index contributed by atoms with van der Waals surface area (Å²) >= 11 is 0. The number of aromatic nitrogens is 1. The minimum atomic E-state index is -0.508. The summed E-state index contributed by atoms with van der Waals surface area (Å²) in [6, 6.07) is 8.35. The summed E-state index contributed by atoms with van der Waals surface area (Å²) in [6.45, 7) is 0.637. The molecule has 1 aromatic heterocycles. The molecule has 1 spiro atoms. The predicted octanol–water partition coefficient (Wildman–Crippen LogP) is 1.94. The van der Waals surface area contributed by atoms with Crippen molar-refractivity contribution in [1.29, 1.82) is 0 Å². The number of hydrogen-bond donors (Lipinski definition) is 2. The molecule has 5 rings (SSSR count). The lowest BCUT2D eigenvalue weighted by molar-refractivity contribution is -0.115. The molecule has 132 valence electrons. The number of fused-ring (bicyclic) bond motifs is 2. The van der Waals surface area contributed by atoms with Crippen molar-refractivity contribution in [1.82, 2.24) is 10.3 Å². The molecule has 1 aromatic carbocycles. The second-order valence-electron chi connectivity index (χ2n) is 6.74. The summed E-state index contributed by atoms with van der Waals surface area (Å²) in [5, 5.41) is 2.45. The van der Waals surface area contributed by atoms with Gasteiger partial charge in [0.25, 0.3) is 5.91 Å². The SMILES string of the molecule is Nc1nc(Oc2cccc3c2C2(CC2)CO3)ccc1N1C(=O)CNC1=O. The number of ether oxygens (including phenoxy) is 2. The molecule has 0 bridgehead atoms. The van der Waals surface area contributed by atoms with Crippen LogP contribution in [0.15, 0.2) is 30.3 Å². The quantitative estimate of drug-likeness (QED) is 0.818. The number of amides is 3. The Morgan fingerprint density at radius 3 is 2.77 bits per heavy atom. The van der Waals surface area contributed by atoms with E-state index in [9.17, 15) is 9.59 Å². The summed E-state index contributed by atoms with van der Waals surface area (Å²) in [5.41, 5.74) is 7.36. The van der Waals surface area contributed by atoms with Gasteiger partial charge in [0.1, 0.15) is 11.5 Å². The third kappa shape index (κ3) is 2.11. The van der Waals surface area contributed by atoms with Crippen LogP contribution in [0.4, 0.5) is 16.3 Å². The first-order valence-corrected chi connectivity index (χ1v) is 8.39. The van der Waals surface area contributed by atoms with Crippen molar-refractivity contribution >= 4 is 23.4 Å². The van der Waals surface area contributed by atoms with Gasteiger partial charge in [0, 0.05) is 17.0 Å². The average Bonchev–Trinajstić information content (AvgIpc) is 3.20. The molecule has 0 atom stereocenters. The van der Waals surface area contributed by atoms with Crippen LogP contribution in [0.25, 0.3) is 0 Å². The zero-order chi connectivity index (χ0) is 17.9. The second kappa shape index (κ2) is 5.10. The van der Waals surface area contributed by atoms with E-state index in [0.29, 0.717) is 18.2 Å². The lowest BCUT2D eigenvalue weighted by Crippen LogP contribution is -2.31. The maximum Gasteiger partial charge on any atom is 0.329 e. The van der Waals surface area contributed by atoms with Crippen LogP contribution in [0.1, 0.15) is 18.4 Å². The molecule has 2 aliphatic heterocycles. The molecule has 3 heterocycles. The Hall–Kier alpha value is -3.29. The minimum absolute atomic E-state index is 0.0469. The highest BCUT2D eigenvalue weighted by atomic mass is 16.5. The molecule has 1 saturated carbocycles. The van der Waals surface area contributed by atoms with Gasteiger partial charge < -0.3 is 20.5 Å². The number of urea groups is 1. The van der Waals surface area contributed by atoms with E-state index in [1.807, 2.05) is 18.2 Å². The number of nitrogens with two attached hydrogens (primary N) is 1. The van der Waals surface area contributed by atoms with E-state index in [1.165, 1.54) is 0 Å². The highest BCUT2D eigenvalue weighted by Gasteiger charge is 2.52. The van der Waals surface area contributed by atoms with Crippen LogP contribution in [0.2, 0.25) is 0 Å². The van der Waals surface area contributed by atoms with Crippen molar-refractivity contribution in [2.24, 2.45) is 0 Å². The summed E-state index contributed by atoms with van der Waals surface area (Å²) in [4.78, 5) is 28.8. The van der Waals surface area contributed by atoms with Crippen LogP contribution in [-0.2, 0) is 10.2 Å². The molecular weight excluding hydrogens is 336 g/mol. The van der Waals surface area contributed by atoms with Gasteiger partial charge in [-0.2, -0.15) is 4.98 Å². The van der Waals surface area contributed by atoms with Crippen LogP contribution in [0, 0.1) is 0 Å². The van der Waals surface area contributed by atoms with Gasteiger partial charge in [-0.05, 0) is 31.0 Å². The van der Waals surface area contributed by atoms with Gasteiger partial charge >= 0.3 is 6.03 Å². The van der Waals surface area contributed by atoms with Crippen molar-refractivity contribution in [2.45, 2.75) is 18.3 Å². The number of nitrogen functional groups attached to an aromatic ring is 1. The van der Waals surface area contributed by atoms with Crippen LogP contribution in [0.5, 0.6) is 17.4 Å². The fourth-order valence-corrected chi connectivity index (χ4v) is 3.55. The first kappa shape index (κ1) is 15.0. The molecule has 2 aromatic rings. The number of benzene rings is 1. The fourth-order valence-electron chi connectivity index (χ4n) is 3.55. The van der Waals surface area contributed by atoms with Gasteiger partial charge in [0.2, 0.25) is 5.88 Å². The molecule has 26 heavy (non-hydrogen) atoms. The van der Waals surface area contributed by atoms with Crippen molar-refractivity contribution in [3.8, 4) is 17.4 Å². The van der Waals surface area contributed by atoms with Gasteiger partial charge in [-0.15, -0.1) is 0 Å². The molecule has 1 saturated heterocycles. The largest absolute Gasteiger partial charge is 0.492 e. The van der Waals surface area contributed by atoms with Gasteiger partial charge in [0.05, 0.1) is 18.8 Å². The minimum Gasteiger partial charge on any atom is -0.492 e. The maximum atomic E-state index is 11.8. The van der Waals surface area contributed by atoms with Gasteiger partial charge in [0.15, 0.2) is 5.82 Å². The zero-order valence-electron chi connectivity index (χ0n) is 13.8. The molecule has 0 radical (unpaired) electrons. The number of carbonyl (C=O) groups excluding carboxylic acids is 2. The number of carbonyl (C=O) groups is 2. The summed E-state index contributed by atoms with van der Waals surface area (Å²) in [7, 11) is 0. The Bertz CT molecular complexity index is 938. The van der Waals surface area contributed by atoms with Crippen LogP contribution >= 0.6 is 0 Å². The molecule has 1 aliphatic carbocycles. The van der Waals surface area contributed by atoms with Crippen molar-refractivity contribution in [2.75, 3.05) is 23.8 Å². The lowest BCUT2D eigenvalue weighted by atomic mass is 9.97. The Labute approximate surface area is 148 Å². The first-order chi connectivity index (χ1) is 12.6. The normalized spacial score (nSPS) is 19.3. The second-order valence-corrected chi connectivity index (χ2v) is 6.74. The van der Waals surface area contributed by atoms with Crippen LogP contribution in [-0.4, -0.2) is 30.1 Å². The fraction of sp³-hybridized carbons (Fsp3) is 0.278. The molecule has 8 nitrogen and oxygen atoms in total. The van der Waals surface area contributed by atoms with E-state index in [1.54, 1.807) is 12.1 Å². The molecule has 2 fully saturated rings. The Balaban J connectivity index is 1.47. The molecule has 3 amide bonds. The predicted molar refractivity (Wildman–Crippen MR) is 92.5 cm³/mol. The number of rotatable bonds is 3. The third-order valence-electron chi connectivity index (χ3n) is 5.05. The number of hydrogen-bond acceptors (Lipinski definition) is 6. The summed E-state index contributed by atoms with van der Waals surface area (Å²) in [5.74, 6) is 1.54. The van der Waals surface area contributed by atoms with Crippen LogP contribution < -0.4 is 25.4 Å². The van der Waals surface area contributed by atoms with E-state index >= 15 is 0 Å². The molecule has 3 N–H and O–H groups in total. The van der Waals surface area contributed by atoms with Gasteiger partial charge in [-0.3, -0.25) is 4.79 Å². The number of nitrogens with one attached hydrogen (secondary N) is 1. The van der Waals surface area contributed by atoms with Crippen molar-refractivity contribution in [3.05, 3.63) is 35.9 Å². The highest BCUT2D eigenvalue weighted by Crippen LogP contribution is 2.58. The summed E-state index contributed by atoms with van der Waals surface area (Å²) in [6.07, 6.45) is 2.17. The number of anilines is 2. The standard InChI is InChI=1S/C18H16N4O4/c19-16-10(22-14(23)8-20-17(22)24)4-5-13(21-16)26-12-3-1-2-11-15(12)18(6-7-18)9-25-11/h1-5H,6-9H2,(H2,19,21)(H,20,24). The first-order valence-electron chi connectivity index (χ1n) is 8.39. The van der Waals surface area contributed by atoms with Crippen molar-refractivity contribution < 1.29 is 19.1 Å². The number of pyridine rings is 1. The number of imide groups is 1. The van der Waals surface area contributed by atoms with E-state index in [2.05, 4.69) is 10.3 Å².